The summed E-state index contributed by atoms with van der Waals surface area (Å²) in [6.45, 7) is 0. The summed E-state index contributed by atoms with van der Waals surface area (Å²) in [5.74, 6) is -0.246. The molecule has 22 heavy (non-hydrogen) atoms. The van der Waals surface area contributed by atoms with E-state index >= 15 is 0 Å². The van der Waals surface area contributed by atoms with Crippen molar-refractivity contribution in [2.75, 3.05) is 12.4 Å². The summed E-state index contributed by atoms with van der Waals surface area (Å²) in [5, 5.41) is 5.33. The molecule has 0 unspecified atom stereocenters. The number of hydrogen-bond acceptors (Lipinski definition) is 5. The van der Waals surface area contributed by atoms with Crippen LogP contribution >= 0.6 is 11.3 Å². The number of methoxy groups -OCH3 is 1. The number of carbonyl (C=O) groups is 2. The van der Waals surface area contributed by atoms with Crippen molar-refractivity contribution in [2.45, 2.75) is 25.7 Å². The standard InChI is InChI=1S/C15H17N3O3S/c1-21-14(20)11-6-10(7-16-11)12-8-22-15(17-12)18-13(19)9-4-2-3-5-9/h6-9,16H,2-5H2,1H3,(H,17,18,19). The first-order chi connectivity index (χ1) is 10.7. The first-order valence-electron chi connectivity index (χ1n) is 7.21. The van der Waals surface area contributed by atoms with Gasteiger partial charge in [0.1, 0.15) is 5.69 Å². The van der Waals surface area contributed by atoms with Crippen LogP contribution in [0.2, 0.25) is 0 Å². The zero-order valence-electron chi connectivity index (χ0n) is 12.2. The zero-order chi connectivity index (χ0) is 15.5. The molecule has 1 aliphatic rings. The monoisotopic (exact) mass is 319 g/mol. The molecule has 2 heterocycles. The number of amides is 1. The topological polar surface area (TPSA) is 84.1 Å². The molecule has 0 radical (unpaired) electrons. The highest BCUT2D eigenvalue weighted by molar-refractivity contribution is 7.14. The van der Waals surface area contributed by atoms with Gasteiger partial charge in [-0.1, -0.05) is 12.8 Å². The van der Waals surface area contributed by atoms with Gasteiger partial charge in [-0.15, -0.1) is 11.3 Å². The fourth-order valence-corrected chi connectivity index (χ4v) is 3.35. The van der Waals surface area contributed by atoms with Crippen molar-refractivity contribution in [1.29, 1.82) is 0 Å². The maximum absolute atomic E-state index is 12.1. The summed E-state index contributed by atoms with van der Waals surface area (Å²) < 4.78 is 4.66. The number of carbonyl (C=O) groups excluding carboxylic acids is 2. The van der Waals surface area contributed by atoms with Crippen LogP contribution in [0.3, 0.4) is 0 Å². The van der Waals surface area contributed by atoms with E-state index in [1.165, 1.54) is 18.4 Å². The summed E-state index contributed by atoms with van der Waals surface area (Å²) in [6.07, 6.45) is 5.88. The molecule has 0 saturated heterocycles. The van der Waals surface area contributed by atoms with Gasteiger partial charge >= 0.3 is 5.97 Å². The molecule has 3 rings (SSSR count). The van der Waals surface area contributed by atoms with Crippen molar-refractivity contribution in [1.82, 2.24) is 9.97 Å². The van der Waals surface area contributed by atoms with Crippen molar-refractivity contribution < 1.29 is 14.3 Å². The molecule has 7 heteroatoms. The Morgan fingerprint density at radius 1 is 1.41 bits per heavy atom. The van der Waals surface area contributed by atoms with E-state index in [4.69, 9.17) is 0 Å². The van der Waals surface area contributed by atoms with Gasteiger partial charge in [0.2, 0.25) is 5.91 Å². The van der Waals surface area contributed by atoms with E-state index in [-0.39, 0.29) is 11.8 Å². The number of nitrogens with zero attached hydrogens (tertiary/aromatic N) is 1. The molecule has 0 atom stereocenters. The Kier molecular flexibility index (Phi) is 4.24. The molecule has 1 saturated carbocycles. The van der Waals surface area contributed by atoms with Crippen molar-refractivity contribution in [2.24, 2.45) is 5.92 Å². The maximum Gasteiger partial charge on any atom is 0.354 e. The largest absolute Gasteiger partial charge is 0.464 e. The van der Waals surface area contributed by atoms with Crippen LogP contribution in [-0.2, 0) is 9.53 Å². The number of ether oxygens (including phenoxy) is 1. The first kappa shape index (κ1) is 14.8. The Morgan fingerprint density at radius 2 is 2.18 bits per heavy atom. The Morgan fingerprint density at radius 3 is 2.91 bits per heavy atom. The van der Waals surface area contributed by atoms with E-state index in [1.807, 2.05) is 5.38 Å². The van der Waals surface area contributed by atoms with Crippen LogP contribution in [0.25, 0.3) is 11.3 Å². The Bertz CT molecular complexity index is 686. The van der Waals surface area contributed by atoms with Crippen molar-refractivity contribution in [3.63, 3.8) is 0 Å². The molecule has 6 nitrogen and oxygen atoms in total. The second-order valence-electron chi connectivity index (χ2n) is 5.30. The number of aromatic nitrogens is 2. The Balaban J connectivity index is 1.69. The molecule has 0 spiro atoms. The molecule has 1 aliphatic carbocycles. The third kappa shape index (κ3) is 3.04. The fourth-order valence-electron chi connectivity index (χ4n) is 2.63. The van der Waals surface area contributed by atoms with Gasteiger partial charge in [0.25, 0.3) is 0 Å². The van der Waals surface area contributed by atoms with Gasteiger partial charge < -0.3 is 15.0 Å². The molecule has 0 aromatic carbocycles. The average Bonchev–Trinajstić information content (AvgIpc) is 3.25. The number of anilines is 1. The maximum atomic E-state index is 12.1. The molecule has 2 aromatic rings. The molecule has 1 amide bonds. The summed E-state index contributed by atoms with van der Waals surface area (Å²) >= 11 is 1.38. The van der Waals surface area contributed by atoms with E-state index in [1.54, 1.807) is 12.3 Å². The molecule has 1 fully saturated rings. The van der Waals surface area contributed by atoms with Gasteiger partial charge in [0, 0.05) is 23.1 Å². The highest BCUT2D eigenvalue weighted by atomic mass is 32.1. The SMILES string of the molecule is COC(=O)c1cc(-c2csc(NC(=O)C3CCCC3)n2)c[nH]1. The Labute approximate surface area is 131 Å². The molecular weight excluding hydrogens is 302 g/mol. The molecular formula is C15H17N3O3S. The minimum atomic E-state index is -0.420. The summed E-state index contributed by atoms with van der Waals surface area (Å²) in [6, 6.07) is 1.68. The summed E-state index contributed by atoms with van der Waals surface area (Å²) in [4.78, 5) is 30.8. The van der Waals surface area contributed by atoms with Crippen LogP contribution in [0.5, 0.6) is 0 Å². The highest BCUT2D eigenvalue weighted by Gasteiger charge is 2.23. The minimum Gasteiger partial charge on any atom is -0.464 e. The lowest BCUT2D eigenvalue weighted by molar-refractivity contribution is -0.119. The molecule has 116 valence electrons. The first-order valence-corrected chi connectivity index (χ1v) is 8.09. The van der Waals surface area contributed by atoms with Crippen LogP contribution in [0.4, 0.5) is 5.13 Å². The van der Waals surface area contributed by atoms with Crippen molar-refractivity contribution >= 4 is 28.3 Å². The second kappa shape index (κ2) is 6.31. The van der Waals surface area contributed by atoms with E-state index in [2.05, 4.69) is 20.0 Å². The smallest absolute Gasteiger partial charge is 0.354 e. The quantitative estimate of drug-likeness (QED) is 0.848. The van der Waals surface area contributed by atoms with Gasteiger partial charge in [0.15, 0.2) is 5.13 Å². The number of esters is 1. The van der Waals surface area contributed by atoms with Crippen molar-refractivity contribution in [3.05, 3.63) is 23.3 Å². The van der Waals surface area contributed by atoms with Gasteiger partial charge in [-0.3, -0.25) is 4.79 Å². The van der Waals surface area contributed by atoms with Gasteiger partial charge in [-0.25, -0.2) is 9.78 Å². The number of nitrogens with one attached hydrogen (secondary N) is 2. The lowest BCUT2D eigenvalue weighted by atomic mass is 10.1. The van der Waals surface area contributed by atoms with E-state index in [9.17, 15) is 9.59 Å². The number of H-pyrrole nitrogens is 1. The predicted molar refractivity (Wildman–Crippen MR) is 83.8 cm³/mol. The lowest BCUT2D eigenvalue weighted by Crippen LogP contribution is -2.20. The van der Waals surface area contributed by atoms with Gasteiger partial charge in [-0.2, -0.15) is 0 Å². The van der Waals surface area contributed by atoms with E-state index < -0.39 is 5.97 Å². The fraction of sp³-hybridized carbons (Fsp3) is 0.400. The number of rotatable bonds is 4. The summed E-state index contributed by atoms with van der Waals surface area (Å²) in [7, 11) is 1.34. The molecule has 0 aliphatic heterocycles. The predicted octanol–water partition coefficient (Wildman–Crippen LogP) is 3.05. The third-order valence-electron chi connectivity index (χ3n) is 3.84. The molecule has 2 N–H and O–H groups in total. The van der Waals surface area contributed by atoms with E-state index in [0.29, 0.717) is 10.8 Å². The third-order valence-corrected chi connectivity index (χ3v) is 4.60. The lowest BCUT2D eigenvalue weighted by Gasteiger charge is -2.07. The average molecular weight is 319 g/mol. The number of hydrogen-bond donors (Lipinski definition) is 2. The van der Waals surface area contributed by atoms with Gasteiger partial charge in [0.05, 0.1) is 12.8 Å². The van der Waals surface area contributed by atoms with Crippen LogP contribution in [0.15, 0.2) is 17.6 Å². The van der Waals surface area contributed by atoms with Crippen LogP contribution in [0.1, 0.15) is 36.2 Å². The number of thiazole rings is 1. The van der Waals surface area contributed by atoms with Crippen LogP contribution < -0.4 is 5.32 Å². The summed E-state index contributed by atoms with van der Waals surface area (Å²) in [5.41, 5.74) is 1.89. The van der Waals surface area contributed by atoms with E-state index in [0.717, 1.165) is 36.9 Å². The molecule has 2 aromatic heterocycles. The second-order valence-corrected chi connectivity index (χ2v) is 6.16. The van der Waals surface area contributed by atoms with Crippen LogP contribution in [0, 0.1) is 5.92 Å². The highest BCUT2D eigenvalue weighted by Crippen LogP contribution is 2.29. The van der Waals surface area contributed by atoms with Gasteiger partial charge in [-0.05, 0) is 18.9 Å². The Hall–Kier alpha value is -2.15. The normalized spacial score (nSPS) is 15.0. The van der Waals surface area contributed by atoms with Crippen molar-refractivity contribution in [3.8, 4) is 11.3 Å². The van der Waals surface area contributed by atoms with Crippen LogP contribution in [-0.4, -0.2) is 29.0 Å². The zero-order valence-corrected chi connectivity index (χ0v) is 13.0. The minimum absolute atomic E-state index is 0.0581. The number of aromatic amines is 1. The molecule has 0 bridgehead atoms.